The molecule has 0 bridgehead atoms. The van der Waals surface area contributed by atoms with Gasteiger partial charge in [-0.3, -0.25) is 4.79 Å². The van der Waals surface area contributed by atoms with Crippen molar-refractivity contribution in [2.45, 2.75) is 40.7 Å². The normalized spacial score (nSPS) is 13.6. The van der Waals surface area contributed by atoms with Crippen molar-refractivity contribution in [3.8, 4) is 0 Å². The van der Waals surface area contributed by atoms with Crippen LogP contribution in [0.1, 0.15) is 34.1 Å². The van der Waals surface area contributed by atoms with Crippen molar-refractivity contribution in [3.63, 3.8) is 0 Å². The molecular weight excluding hydrogens is 224 g/mol. The molecule has 0 aromatic rings. The van der Waals surface area contributed by atoms with Crippen molar-refractivity contribution in [1.82, 2.24) is 0 Å². The molecule has 1 atom stereocenters. The number of ether oxygens (including phenoxy) is 1. The molecular formula is C11H24O4Si. The van der Waals surface area contributed by atoms with Gasteiger partial charge in [0.15, 0.2) is 0 Å². The van der Waals surface area contributed by atoms with Gasteiger partial charge in [0.1, 0.15) is 6.23 Å². The molecule has 96 valence electrons. The first kappa shape index (κ1) is 15.6. The largest absolute Gasteiger partial charge is 0.464 e. The van der Waals surface area contributed by atoms with Gasteiger partial charge < -0.3 is 13.6 Å². The third-order valence-corrected chi connectivity index (χ3v) is 4.86. The van der Waals surface area contributed by atoms with Crippen LogP contribution in [0.4, 0.5) is 0 Å². The van der Waals surface area contributed by atoms with Crippen LogP contribution in [0.5, 0.6) is 0 Å². The monoisotopic (exact) mass is 248 g/mol. The number of esters is 1. The van der Waals surface area contributed by atoms with Crippen LogP contribution in [-0.4, -0.2) is 34.0 Å². The van der Waals surface area contributed by atoms with E-state index in [1.807, 2.05) is 34.2 Å². The Bertz CT molecular complexity index is 202. The lowest BCUT2D eigenvalue weighted by atomic mass is 10.1. The maximum Gasteiger partial charge on any atom is 0.373 e. The summed E-state index contributed by atoms with van der Waals surface area (Å²) in [5.41, 5.74) is 0. The molecule has 0 radical (unpaired) electrons. The average molecular weight is 248 g/mol. The highest BCUT2D eigenvalue weighted by Crippen LogP contribution is 2.10. The molecule has 0 aromatic carbocycles. The molecule has 0 aliphatic heterocycles. The lowest BCUT2D eigenvalue weighted by Gasteiger charge is -2.25. The molecule has 0 fully saturated rings. The Kier molecular flexibility index (Phi) is 7.62. The fourth-order valence-corrected chi connectivity index (χ4v) is 3.12. The minimum Gasteiger partial charge on any atom is -0.464 e. The van der Waals surface area contributed by atoms with E-state index in [1.165, 1.54) is 0 Å². The van der Waals surface area contributed by atoms with Gasteiger partial charge in [-0.05, 0) is 26.8 Å². The van der Waals surface area contributed by atoms with E-state index in [2.05, 4.69) is 0 Å². The van der Waals surface area contributed by atoms with Gasteiger partial charge in [0.2, 0.25) is 0 Å². The topological polar surface area (TPSA) is 44.8 Å². The maximum atomic E-state index is 11.5. The molecule has 0 rings (SSSR count). The predicted octanol–water partition coefficient (Wildman–Crippen LogP) is 2.26. The van der Waals surface area contributed by atoms with Gasteiger partial charge in [0.25, 0.3) is 0 Å². The van der Waals surface area contributed by atoms with Gasteiger partial charge in [0.05, 0.1) is 5.92 Å². The molecule has 0 N–H and O–H groups in total. The molecule has 0 aliphatic carbocycles. The SMILES string of the molecule is CCO[Si](C)(COC(=O)C(C)CC)OCC. The first-order valence-corrected chi connectivity index (χ1v) is 8.46. The Morgan fingerprint density at radius 2 is 1.69 bits per heavy atom. The summed E-state index contributed by atoms with van der Waals surface area (Å²) in [6.07, 6.45) is 1.07. The van der Waals surface area contributed by atoms with Gasteiger partial charge in [-0.25, -0.2) is 0 Å². The molecule has 4 nitrogen and oxygen atoms in total. The van der Waals surface area contributed by atoms with Crippen LogP contribution in [0.25, 0.3) is 0 Å². The van der Waals surface area contributed by atoms with Gasteiger partial charge in [-0.2, -0.15) is 0 Å². The second kappa shape index (κ2) is 7.81. The van der Waals surface area contributed by atoms with Crippen molar-refractivity contribution < 1.29 is 18.4 Å². The predicted molar refractivity (Wildman–Crippen MR) is 65.3 cm³/mol. The zero-order valence-corrected chi connectivity index (χ0v) is 12.0. The first-order chi connectivity index (χ1) is 7.49. The summed E-state index contributed by atoms with van der Waals surface area (Å²) in [5.74, 6) is -0.220. The highest BCUT2D eigenvalue weighted by atomic mass is 28.4. The van der Waals surface area contributed by atoms with Gasteiger partial charge in [0, 0.05) is 13.2 Å². The van der Waals surface area contributed by atoms with Crippen molar-refractivity contribution in [2.24, 2.45) is 5.92 Å². The standard InChI is InChI=1S/C11H24O4Si/c1-6-10(4)11(12)13-9-16(5,14-7-2)15-8-3/h10H,6-9H2,1-5H3. The van der Waals surface area contributed by atoms with Crippen LogP contribution in [0.15, 0.2) is 0 Å². The third-order valence-electron chi connectivity index (χ3n) is 2.39. The molecule has 0 aromatic heterocycles. The van der Waals surface area contributed by atoms with Crippen molar-refractivity contribution >= 4 is 14.5 Å². The second-order valence-electron chi connectivity index (χ2n) is 3.92. The molecule has 0 heterocycles. The molecule has 0 spiro atoms. The summed E-state index contributed by atoms with van der Waals surface area (Å²) in [6.45, 7) is 10.8. The van der Waals surface area contributed by atoms with E-state index in [0.717, 1.165) is 6.42 Å². The van der Waals surface area contributed by atoms with Crippen LogP contribution in [0.2, 0.25) is 6.55 Å². The van der Waals surface area contributed by atoms with Crippen molar-refractivity contribution in [1.29, 1.82) is 0 Å². The zero-order valence-electron chi connectivity index (χ0n) is 11.0. The van der Waals surface area contributed by atoms with Crippen LogP contribution in [0, 0.1) is 5.92 Å². The third kappa shape index (κ3) is 5.63. The fourth-order valence-electron chi connectivity index (χ4n) is 1.25. The summed E-state index contributed by atoms with van der Waals surface area (Å²) >= 11 is 0. The van der Waals surface area contributed by atoms with Crippen LogP contribution < -0.4 is 0 Å². The van der Waals surface area contributed by atoms with Crippen molar-refractivity contribution in [3.05, 3.63) is 0 Å². The first-order valence-electron chi connectivity index (χ1n) is 5.93. The van der Waals surface area contributed by atoms with Crippen LogP contribution in [0.3, 0.4) is 0 Å². The van der Waals surface area contributed by atoms with E-state index in [-0.39, 0.29) is 18.1 Å². The number of hydrogen-bond acceptors (Lipinski definition) is 4. The quantitative estimate of drug-likeness (QED) is 0.488. The molecule has 0 aliphatic rings. The van der Waals surface area contributed by atoms with E-state index in [1.54, 1.807) is 0 Å². The van der Waals surface area contributed by atoms with E-state index < -0.39 is 8.56 Å². The summed E-state index contributed by atoms with van der Waals surface area (Å²) in [5, 5.41) is 0. The lowest BCUT2D eigenvalue weighted by molar-refractivity contribution is -0.147. The highest BCUT2D eigenvalue weighted by molar-refractivity contribution is 6.66. The minimum absolute atomic E-state index is 0.0542. The summed E-state index contributed by atoms with van der Waals surface area (Å²) in [6, 6.07) is 0. The molecule has 0 amide bonds. The second-order valence-corrected chi connectivity index (χ2v) is 7.05. The Labute approximate surface area is 99.5 Å². The van der Waals surface area contributed by atoms with Gasteiger partial charge >= 0.3 is 14.5 Å². The Balaban J connectivity index is 4.15. The number of rotatable bonds is 8. The van der Waals surface area contributed by atoms with E-state index in [0.29, 0.717) is 13.2 Å². The smallest absolute Gasteiger partial charge is 0.373 e. The summed E-state index contributed by atoms with van der Waals surface area (Å²) < 4.78 is 16.4. The summed E-state index contributed by atoms with van der Waals surface area (Å²) in [7, 11) is -2.31. The van der Waals surface area contributed by atoms with E-state index in [4.69, 9.17) is 13.6 Å². The van der Waals surface area contributed by atoms with Gasteiger partial charge in [-0.15, -0.1) is 0 Å². The molecule has 0 saturated heterocycles. The maximum absolute atomic E-state index is 11.5. The van der Waals surface area contributed by atoms with E-state index in [9.17, 15) is 4.79 Å². The Morgan fingerprint density at radius 1 is 1.19 bits per heavy atom. The number of carbonyl (C=O) groups excluding carboxylic acids is 1. The van der Waals surface area contributed by atoms with E-state index >= 15 is 0 Å². The zero-order chi connectivity index (χ0) is 12.6. The van der Waals surface area contributed by atoms with Crippen LogP contribution >= 0.6 is 0 Å². The van der Waals surface area contributed by atoms with Gasteiger partial charge in [-0.1, -0.05) is 13.8 Å². The Morgan fingerprint density at radius 3 is 2.06 bits per heavy atom. The van der Waals surface area contributed by atoms with Crippen LogP contribution in [-0.2, 0) is 18.4 Å². The lowest BCUT2D eigenvalue weighted by Crippen LogP contribution is -2.45. The summed E-state index contributed by atoms with van der Waals surface area (Å²) in [4.78, 5) is 11.5. The molecule has 5 heteroatoms. The average Bonchev–Trinajstić information content (AvgIpc) is 2.25. The molecule has 1 unspecified atom stereocenters. The molecule has 16 heavy (non-hydrogen) atoms. The minimum atomic E-state index is -2.31. The van der Waals surface area contributed by atoms with Crippen molar-refractivity contribution in [2.75, 3.05) is 19.4 Å². The number of carbonyl (C=O) groups is 1. The number of hydrogen-bond donors (Lipinski definition) is 0. The molecule has 0 saturated carbocycles. The highest BCUT2D eigenvalue weighted by Gasteiger charge is 2.33. The Hall–Kier alpha value is -0.393. The fraction of sp³-hybridized carbons (Fsp3) is 0.909.